The molecule has 0 radical (unpaired) electrons. The van der Waals surface area contributed by atoms with E-state index in [9.17, 15) is 4.79 Å². The normalized spacial score (nSPS) is 11.2. The predicted molar refractivity (Wildman–Crippen MR) is 127 cm³/mol. The minimum absolute atomic E-state index is 0.00104. The SMILES string of the molecule is CCOc1cccc(-c2c(C(=O)NN=Cc3ccc(OC(C)C)cc3)nnn2-c2nonc2N)c1. The molecule has 35 heavy (non-hydrogen) atoms. The summed E-state index contributed by atoms with van der Waals surface area (Å²) < 4.78 is 17.2. The Kier molecular flexibility index (Phi) is 7.00. The summed E-state index contributed by atoms with van der Waals surface area (Å²) in [5.41, 5.74) is 10.0. The van der Waals surface area contributed by atoms with Gasteiger partial charge in [0, 0.05) is 5.56 Å². The van der Waals surface area contributed by atoms with Crippen molar-refractivity contribution in [1.82, 2.24) is 30.7 Å². The topological polar surface area (TPSA) is 156 Å². The van der Waals surface area contributed by atoms with E-state index < -0.39 is 5.91 Å². The van der Waals surface area contributed by atoms with Crippen LogP contribution in [0.1, 0.15) is 36.8 Å². The number of amides is 1. The van der Waals surface area contributed by atoms with Crippen LogP contribution in [0.4, 0.5) is 5.82 Å². The monoisotopic (exact) mass is 476 g/mol. The van der Waals surface area contributed by atoms with Crippen LogP contribution >= 0.6 is 0 Å². The molecule has 0 spiro atoms. The molecule has 0 aliphatic carbocycles. The minimum Gasteiger partial charge on any atom is -0.494 e. The highest BCUT2D eigenvalue weighted by atomic mass is 16.6. The number of anilines is 1. The molecule has 0 aliphatic rings. The van der Waals surface area contributed by atoms with E-state index >= 15 is 0 Å². The largest absolute Gasteiger partial charge is 0.494 e. The number of hydrogen-bond acceptors (Lipinski definition) is 10. The van der Waals surface area contributed by atoms with Gasteiger partial charge in [0.05, 0.1) is 18.9 Å². The van der Waals surface area contributed by atoms with E-state index in [0.717, 1.165) is 11.3 Å². The number of hydrazone groups is 1. The van der Waals surface area contributed by atoms with E-state index in [0.29, 0.717) is 23.6 Å². The smallest absolute Gasteiger partial charge is 0.294 e. The summed E-state index contributed by atoms with van der Waals surface area (Å²) in [4.78, 5) is 13.0. The highest BCUT2D eigenvalue weighted by molar-refractivity contribution is 5.99. The average Bonchev–Trinajstić information content (AvgIpc) is 3.46. The van der Waals surface area contributed by atoms with Gasteiger partial charge in [0.15, 0.2) is 5.69 Å². The molecule has 0 aliphatic heterocycles. The molecule has 0 bridgehead atoms. The maximum Gasteiger partial charge on any atom is 0.294 e. The summed E-state index contributed by atoms with van der Waals surface area (Å²) in [5.74, 6) is 0.864. The van der Waals surface area contributed by atoms with E-state index in [1.165, 1.54) is 10.9 Å². The number of nitrogens with two attached hydrogens (primary N) is 1. The van der Waals surface area contributed by atoms with E-state index in [4.69, 9.17) is 19.8 Å². The number of nitrogens with zero attached hydrogens (tertiary/aromatic N) is 6. The third kappa shape index (κ3) is 5.43. The molecule has 0 unspecified atom stereocenters. The van der Waals surface area contributed by atoms with Gasteiger partial charge in [0.2, 0.25) is 11.6 Å². The third-order valence-electron chi connectivity index (χ3n) is 4.63. The highest BCUT2D eigenvalue weighted by Crippen LogP contribution is 2.29. The van der Waals surface area contributed by atoms with Gasteiger partial charge in [-0.1, -0.05) is 17.3 Å². The van der Waals surface area contributed by atoms with Crippen molar-refractivity contribution in [2.45, 2.75) is 26.9 Å². The Balaban J connectivity index is 1.61. The number of rotatable bonds is 9. The summed E-state index contributed by atoms with van der Waals surface area (Å²) in [7, 11) is 0. The van der Waals surface area contributed by atoms with Gasteiger partial charge < -0.3 is 15.2 Å². The van der Waals surface area contributed by atoms with Crippen molar-refractivity contribution < 1.29 is 18.9 Å². The summed E-state index contributed by atoms with van der Waals surface area (Å²) in [6.07, 6.45) is 1.59. The quantitative estimate of drug-likeness (QED) is 0.274. The Bertz CT molecular complexity index is 1330. The average molecular weight is 476 g/mol. The molecule has 0 atom stereocenters. The predicted octanol–water partition coefficient (Wildman–Crippen LogP) is 2.85. The van der Waals surface area contributed by atoms with E-state index in [1.807, 2.05) is 45.0 Å². The summed E-state index contributed by atoms with van der Waals surface area (Å²) in [5, 5.41) is 19.5. The van der Waals surface area contributed by atoms with Crippen LogP contribution in [0.3, 0.4) is 0 Å². The molecule has 0 fully saturated rings. The van der Waals surface area contributed by atoms with Gasteiger partial charge in [-0.15, -0.1) is 5.10 Å². The van der Waals surface area contributed by atoms with E-state index in [1.54, 1.807) is 24.3 Å². The van der Waals surface area contributed by atoms with Gasteiger partial charge in [-0.2, -0.15) is 9.78 Å². The Morgan fingerprint density at radius 2 is 2.00 bits per heavy atom. The second-order valence-electron chi connectivity index (χ2n) is 7.57. The molecule has 0 saturated carbocycles. The van der Waals surface area contributed by atoms with Crippen LogP contribution in [0.15, 0.2) is 58.3 Å². The fourth-order valence-corrected chi connectivity index (χ4v) is 3.20. The van der Waals surface area contributed by atoms with Crippen molar-refractivity contribution in [3.8, 4) is 28.6 Å². The first kappa shape index (κ1) is 23.4. The van der Waals surface area contributed by atoms with Gasteiger partial charge in [0.25, 0.3) is 5.91 Å². The van der Waals surface area contributed by atoms with Crippen molar-refractivity contribution in [2.75, 3.05) is 12.3 Å². The van der Waals surface area contributed by atoms with Gasteiger partial charge in [-0.05, 0) is 73.0 Å². The highest BCUT2D eigenvalue weighted by Gasteiger charge is 2.25. The van der Waals surface area contributed by atoms with E-state index in [-0.39, 0.29) is 23.4 Å². The number of aromatic nitrogens is 5. The Morgan fingerprint density at radius 1 is 1.20 bits per heavy atom. The molecule has 4 aromatic rings. The molecule has 12 nitrogen and oxygen atoms in total. The van der Waals surface area contributed by atoms with Crippen LogP contribution in [0.2, 0.25) is 0 Å². The van der Waals surface area contributed by atoms with Crippen molar-refractivity contribution in [1.29, 1.82) is 0 Å². The molecule has 2 aromatic carbocycles. The maximum atomic E-state index is 13.0. The Hall–Kier alpha value is -4.74. The minimum atomic E-state index is -0.584. The zero-order chi connectivity index (χ0) is 24.8. The first-order valence-corrected chi connectivity index (χ1v) is 10.8. The van der Waals surface area contributed by atoms with Crippen molar-refractivity contribution in [3.05, 3.63) is 59.8 Å². The Labute approximate surface area is 200 Å². The summed E-state index contributed by atoms with van der Waals surface area (Å²) >= 11 is 0. The lowest BCUT2D eigenvalue weighted by atomic mass is 10.1. The lowest BCUT2D eigenvalue weighted by molar-refractivity contribution is 0.0950. The molecule has 0 saturated heterocycles. The maximum absolute atomic E-state index is 13.0. The van der Waals surface area contributed by atoms with Crippen LogP contribution in [-0.2, 0) is 0 Å². The van der Waals surface area contributed by atoms with Crippen LogP contribution in [0.25, 0.3) is 17.1 Å². The number of nitrogen functional groups attached to an aromatic ring is 1. The van der Waals surface area contributed by atoms with Gasteiger partial charge in [-0.3, -0.25) is 4.79 Å². The second kappa shape index (κ2) is 10.5. The zero-order valence-corrected chi connectivity index (χ0v) is 19.4. The third-order valence-corrected chi connectivity index (χ3v) is 4.63. The Morgan fingerprint density at radius 3 is 2.69 bits per heavy atom. The van der Waals surface area contributed by atoms with Crippen LogP contribution in [-0.4, -0.2) is 50.1 Å². The van der Waals surface area contributed by atoms with Crippen molar-refractivity contribution >= 4 is 17.9 Å². The molecule has 180 valence electrons. The van der Waals surface area contributed by atoms with Crippen LogP contribution in [0, 0.1) is 0 Å². The zero-order valence-electron chi connectivity index (χ0n) is 19.4. The van der Waals surface area contributed by atoms with Gasteiger partial charge >= 0.3 is 0 Å². The lowest BCUT2D eigenvalue weighted by Crippen LogP contribution is -2.19. The molecular formula is C23H24N8O4. The summed E-state index contributed by atoms with van der Waals surface area (Å²) in [6, 6.07) is 14.4. The van der Waals surface area contributed by atoms with Gasteiger partial charge in [0.1, 0.15) is 17.2 Å². The molecule has 4 rings (SSSR count). The molecule has 2 aromatic heterocycles. The summed E-state index contributed by atoms with van der Waals surface area (Å²) in [6.45, 7) is 6.27. The van der Waals surface area contributed by atoms with Crippen LogP contribution in [0.5, 0.6) is 11.5 Å². The van der Waals surface area contributed by atoms with Crippen LogP contribution < -0.4 is 20.6 Å². The number of nitrogens with one attached hydrogen (secondary N) is 1. The lowest BCUT2D eigenvalue weighted by Gasteiger charge is -2.09. The molecule has 2 heterocycles. The molecular weight excluding hydrogens is 452 g/mol. The fourth-order valence-electron chi connectivity index (χ4n) is 3.20. The second-order valence-corrected chi connectivity index (χ2v) is 7.57. The number of hydrogen-bond donors (Lipinski definition) is 2. The first-order valence-electron chi connectivity index (χ1n) is 10.8. The number of ether oxygens (including phenoxy) is 2. The number of benzene rings is 2. The van der Waals surface area contributed by atoms with E-state index in [2.05, 4.69) is 31.2 Å². The van der Waals surface area contributed by atoms with Crippen molar-refractivity contribution in [2.24, 2.45) is 5.10 Å². The van der Waals surface area contributed by atoms with Crippen molar-refractivity contribution in [3.63, 3.8) is 0 Å². The van der Waals surface area contributed by atoms with Gasteiger partial charge in [-0.25, -0.2) is 10.1 Å². The number of carbonyl (C=O) groups excluding carboxylic acids is 1. The molecule has 3 N–H and O–H groups in total. The standard InChI is InChI=1S/C23H24N8O4/c1-4-33-18-7-5-6-16(12-18)20-19(26-30-31(20)22-21(24)28-35-29-22)23(32)27-25-13-15-8-10-17(11-9-15)34-14(2)3/h5-14H,4H2,1-3H3,(H2,24,28)(H,27,32). The molecule has 12 heteroatoms. The number of carbonyl (C=O) groups is 1. The molecule has 1 amide bonds. The first-order chi connectivity index (χ1) is 17.0. The fraction of sp³-hybridized carbons (Fsp3) is 0.217.